The van der Waals surface area contributed by atoms with E-state index < -0.39 is 23.3 Å². The molecule has 0 unspecified atom stereocenters. The molecule has 10 heteroatoms. The lowest BCUT2D eigenvalue weighted by atomic mass is 9.88. The first-order valence-electron chi connectivity index (χ1n) is 6.83. The molecule has 2 N–H and O–H groups in total. The Hall–Kier alpha value is -2.03. The van der Waals surface area contributed by atoms with E-state index in [1.54, 1.807) is 4.90 Å². The first-order valence-corrected chi connectivity index (χ1v) is 7.20. The quantitative estimate of drug-likeness (QED) is 0.761. The SMILES string of the molecule is O=C1NC(=O)C2(CCN(c3ncc(C(F)(F)F)cc3Cl)CC2)N1. The Morgan fingerprint density at radius 1 is 1.26 bits per heavy atom. The van der Waals surface area contributed by atoms with Crippen LogP contribution in [0.4, 0.5) is 23.8 Å². The van der Waals surface area contributed by atoms with Crippen LogP contribution in [0.2, 0.25) is 5.02 Å². The molecule has 23 heavy (non-hydrogen) atoms. The van der Waals surface area contributed by atoms with Gasteiger partial charge in [-0.05, 0) is 18.9 Å². The van der Waals surface area contributed by atoms with Gasteiger partial charge in [0.15, 0.2) is 0 Å². The lowest BCUT2D eigenvalue weighted by Crippen LogP contribution is -2.55. The largest absolute Gasteiger partial charge is 0.417 e. The predicted molar refractivity (Wildman–Crippen MR) is 75.1 cm³/mol. The van der Waals surface area contributed by atoms with E-state index in [4.69, 9.17) is 11.6 Å². The highest BCUT2D eigenvalue weighted by Crippen LogP contribution is 2.35. The number of aromatic nitrogens is 1. The topological polar surface area (TPSA) is 74.3 Å². The van der Waals surface area contributed by atoms with E-state index in [9.17, 15) is 22.8 Å². The third-order valence-corrected chi connectivity index (χ3v) is 4.36. The summed E-state index contributed by atoms with van der Waals surface area (Å²) in [5.74, 6) is -0.145. The summed E-state index contributed by atoms with van der Waals surface area (Å²) >= 11 is 5.92. The number of amides is 3. The Kier molecular flexibility index (Phi) is 3.62. The number of pyridine rings is 1. The summed E-state index contributed by atoms with van der Waals surface area (Å²) in [6.07, 6.45) is -3.13. The zero-order valence-electron chi connectivity index (χ0n) is 11.7. The van der Waals surface area contributed by atoms with Gasteiger partial charge >= 0.3 is 12.2 Å². The number of nitrogens with zero attached hydrogens (tertiary/aromatic N) is 2. The van der Waals surface area contributed by atoms with Crippen molar-refractivity contribution in [3.05, 3.63) is 22.8 Å². The molecule has 0 aliphatic carbocycles. The Bertz CT molecular complexity index is 672. The van der Waals surface area contributed by atoms with Crippen molar-refractivity contribution in [1.82, 2.24) is 15.6 Å². The van der Waals surface area contributed by atoms with Crippen molar-refractivity contribution in [1.29, 1.82) is 0 Å². The smallest absolute Gasteiger partial charge is 0.355 e. The van der Waals surface area contributed by atoms with Gasteiger partial charge in [-0.1, -0.05) is 11.6 Å². The third-order valence-electron chi connectivity index (χ3n) is 4.08. The molecule has 0 radical (unpaired) electrons. The minimum atomic E-state index is -4.51. The first-order chi connectivity index (χ1) is 10.7. The molecule has 1 aromatic rings. The number of hydrogen-bond acceptors (Lipinski definition) is 4. The Labute approximate surface area is 134 Å². The van der Waals surface area contributed by atoms with Crippen LogP contribution in [0.5, 0.6) is 0 Å². The standard InChI is InChI=1S/C13H12ClF3N4O2/c14-8-5-7(13(15,16)17)6-18-9(8)21-3-1-12(2-4-21)10(22)19-11(23)20-12/h5-6H,1-4H2,(H2,19,20,22,23). The van der Waals surface area contributed by atoms with Crippen LogP contribution in [0.1, 0.15) is 18.4 Å². The van der Waals surface area contributed by atoms with Crippen LogP contribution in [0.15, 0.2) is 12.3 Å². The van der Waals surface area contributed by atoms with Gasteiger partial charge in [-0.2, -0.15) is 13.2 Å². The number of piperidine rings is 1. The number of carbonyl (C=O) groups is 2. The molecule has 0 aromatic carbocycles. The Morgan fingerprint density at radius 2 is 1.91 bits per heavy atom. The monoisotopic (exact) mass is 348 g/mol. The lowest BCUT2D eigenvalue weighted by Gasteiger charge is -2.37. The van der Waals surface area contributed by atoms with Crippen molar-refractivity contribution < 1.29 is 22.8 Å². The molecule has 2 aliphatic rings. The third kappa shape index (κ3) is 2.80. The molecule has 2 aliphatic heterocycles. The number of hydrogen-bond donors (Lipinski definition) is 2. The highest BCUT2D eigenvalue weighted by Gasteiger charge is 2.48. The molecule has 3 rings (SSSR count). The van der Waals surface area contributed by atoms with Crippen molar-refractivity contribution >= 4 is 29.4 Å². The number of anilines is 1. The summed E-state index contributed by atoms with van der Waals surface area (Å²) in [5, 5.41) is 4.70. The van der Waals surface area contributed by atoms with E-state index in [1.165, 1.54) is 0 Å². The zero-order valence-corrected chi connectivity index (χ0v) is 12.5. The second kappa shape index (κ2) is 5.26. The second-order valence-corrected chi connectivity index (χ2v) is 5.91. The van der Waals surface area contributed by atoms with Crippen LogP contribution in [-0.2, 0) is 11.0 Å². The van der Waals surface area contributed by atoms with Gasteiger partial charge in [0.1, 0.15) is 11.4 Å². The van der Waals surface area contributed by atoms with Crippen LogP contribution in [0.25, 0.3) is 0 Å². The molecule has 0 atom stereocenters. The van der Waals surface area contributed by atoms with Crippen molar-refractivity contribution in [2.75, 3.05) is 18.0 Å². The molecular formula is C13H12ClF3N4O2. The number of nitrogens with one attached hydrogen (secondary N) is 2. The summed E-state index contributed by atoms with van der Waals surface area (Å²) in [5.41, 5.74) is -1.87. The van der Waals surface area contributed by atoms with Gasteiger partial charge in [0.2, 0.25) is 0 Å². The van der Waals surface area contributed by atoms with Crippen LogP contribution >= 0.6 is 11.6 Å². The summed E-state index contributed by atoms with van der Waals surface area (Å²) in [4.78, 5) is 28.6. The van der Waals surface area contributed by atoms with Gasteiger partial charge in [-0.3, -0.25) is 10.1 Å². The van der Waals surface area contributed by atoms with Crippen LogP contribution in [-0.4, -0.2) is 35.6 Å². The van der Waals surface area contributed by atoms with E-state index in [0.717, 1.165) is 12.3 Å². The molecule has 6 nitrogen and oxygen atoms in total. The van der Waals surface area contributed by atoms with Crippen molar-refractivity contribution in [2.45, 2.75) is 24.6 Å². The Balaban J connectivity index is 1.76. The number of imide groups is 1. The summed E-state index contributed by atoms with van der Waals surface area (Å²) in [6.45, 7) is 0.678. The van der Waals surface area contributed by atoms with E-state index in [0.29, 0.717) is 25.9 Å². The van der Waals surface area contributed by atoms with Crippen LogP contribution < -0.4 is 15.5 Å². The highest BCUT2D eigenvalue weighted by atomic mass is 35.5. The zero-order chi connectivity index (χ0) is 16.8. The average molecular weight is 349 g/mol. The molecule has 0 bridgehead atoms. The van der Waals surface area contributed by atoms with Gasteiger partial charge in [0, 0.05) is 19.3 Å². The van der Waals surface area contributed by atoms with E-state index in [2.05, 4.69) is 15.6 Å². The maximum atomic E-state index is 12.6. The molecule has 3 amide bonds. The van der Waals surface area contributed by atoms with Crippen LogP contribution in [0, 0.1) is 0 Å². The minimum absolute atomic E-state index is 0.101. The molecule has 2 saturated heterocycles. The summed E-state index contributed by atoms with van der Waals surface area (Å²) < 4.78 is 37.9. The van der Waals surface area contributed by atoms with Crippen molar-refractivity contribution in [2.24, 2.45) is 0 Å². The van der Waals surface area contributed by atoms with Gasteiger partial charge in [0.25, 0.3) is 5.91 Å². The number of halogens is 4. The summed E-state index contributed by atoms with van der Waals surface area (Å²) in [6, 6.07) is 0.298. The Morgan fingerprint density at radius 3 is 2.39 bits per heavy atom. The molecule has 1 spiro atoms. The minimum Gasteiger partial charge on any atom is -0.355 e. The fourth-order valence-electron chi connectivity index (χ4n) is 2.80. The van der Waals surface area contributed by atoms with Gasteiger partial charge in [0.05, 0.1) is 10.6 Å². The molecule has 2 fully saturated rings. The molecular weight excluding hydrogens is 337 g/mol. The fourth-order valence-corrected chi connectivity index (χ4v) is 3.08. The van der Waals surface area contributed by atoms with Gasteiger partial charge in [-0.15, -0.1) is 0 Å². The number of alkyl halides is 3. The number of carbonyl (C=O) groups excluding carboxylic acids is 2. The molecule has 0 saturated carbocycles. The molecule has 1 aromatic heterocycles. The molecule has 124 valence electrons. The number of urea groups is 1. The lowest BCUT2D eigenvalue weighted by molar-refractivity contribution is -0.137. The average Bonchev–Trinajstić information content (AvgIpc) is 2.73. The fraction of sp³-hybridized carbons (Fsp3) is 0.462. The highest BCUT2D eigenvalue weighted by molar-refractivity contribution is 6.33. The van der Waals surface area contributed by atoms with E-state index >= 15 is 0 Å². The van der Waals surface area contributed by atoms with E-state index in [1.807, 2.05) is 0 Å². The normalized spacial score (nSPS) is 20.6. The maximum absolute atomic E-state index is 12.6. The van der Waals surface area contributed by atoms with Gasteiger partial charge in [-0.25, -0.2) is 9.78 Å². The first kappa shape index (κ1) is 15.9. The van der Waals surface area contributed by atoms with E-state index in [-0.39, 0.29) is 16.7 Å². The van der Waals surface area contributed by atoms with Crippen molar-refractivity contribution in [3.63, 3.8) is 0 Å². The summed E-state index contributed by atoms with van der Waals surface area (Å²) in [7, 11) is 0. The molecule has 3 heterocycles. The second-order valence-electron chi connectivity index (χ2n) is 5.50. The predicted octanol–water partition coefficient (Wildman–Crippen LogP) is 1.93. The van der Waals surface area contributed by atoms with Crippen molar-refractivity contribution in [3.8, 4) is 0 Å². The van der Waals surface area contributed by atoms with Crippen LogP contribution in [0.3, 0.4) is 0 Å². The van der Waals surface area contributed by atoms with Gasteiger partial charge < -0.3 is 10.2 Å². The maximum Gasteiger partial charge on any atom is 0.417 e. The number of rotatable bonds is 1.